The van der Waals surface area contributed by atoms with Crippen LogP contribution in [0.1, 0.15) is 91.9 Å². The molecule has 158 valence electrons. The molecule has 3 nitrogen and oxygen atoms in total. The summed E-state index contributed by atoms with van der Waals surface area (Å²) < 4.78 is 0. The van der Waals surface area contributed by atoms with Crippen LogP contribution in [-0.4, -0.2) is 16.9 Å². The normalized spacial score (nSPS) is 49.1. The molecule has 1 N–H and O–H groups in total. The van der Waals surface area contributed by atoms with Gasteiger partial charge in [0.2, 0.25) is 0 Å². The summed E-state index contributed by atoms with van der Waals surface area (Å²) in [5.41, 5.74) is 0.594. The van der Waals surface area contributed by atoms with E-state index in [1.54, 1.807) is 0 Å². The second kappa shape index (κ2) is 7.13. The van der Waals surface area contributed by atoms with E-state index in [-0.39, 0.29) is 23.7 Å². The molecule has 4 saturated carbocycles. The smallest absolute Gasteiger partial charge is 0.303 e. The number of fused-ring (bicyclic) bond motifs is 5. The molecule has 0 heterocycles. The summed E-state index contributed by atoms with van der Waals surface area (Å²) in [6, 6.07) is 0. The Hall–Kier alpha value is -0.860. The van der Waals surface area contributed by atoms with Gasteiger partial charge in [-0.05, 0) is 85.4 Å². The van der Waals surface area contributed by atoms with Crippen LogP contribution in [0, 0.1) is 52.3 Å². The Morgan fingerprint density at radius 1 is 1.04 bits per heavy atom. The number of carbonyl (C=O) groups is 2. The van der Waals surface area contributed by atoms with Gasteiger partial charge in [-0.2, -0.15) is 0 Å². The maximum absolute atomic E-state index is 13.7. The van der Waals surface area contributed by atoms with Crippen molar-refractivity contribution in [2.75, 3.05) is 0 Å². The van der Waals surface area contributed by atoms with Crippen molar-refractivity contribution >= 4 is 11.8 Å². The average Bonchev–Trinajstić information content (AvgIpc) is 3.01. The van der Waals surface area contributed by atoms with Crippen molar-refractivity contribution < 1.29 is 14.7 Å². The first-order valence-electron chi connectivity index (χ1n) is 12.0. The molecule has 0 bridgehead atoms. The molecule has 0 radical (unpaired) electrons. The molecule has 0 saturated heterocycles. The fourth-order valence-electron chi connectivity index (χ4n) is 8.97. The first-order valence-corrected chi connectivity index (χ1v) is 12.0. The lowest BCUT2D eigenvalue weighted by Gasteiger charge is -2.61. The molecular weight excluding hydrogens is 348 g/mol. The van der Waals surface area contributed by atoms with Crippen LogP contribution in [-0.2, 0) is 9.59 Å². The first-order chi connectivity index (χ1) is 13.2. The van der Waals surface area contributed by atoms with Crippen molar-refractivity contribution in [3.8, 4) is 0 Å². The van der Waals surface area contributed by atoms with E-state index in [2.05, 4.69) is 27.7 Å². The highest BCUT2D eigenvalue weighted by atomic mass is 16.4. The minimum atomic E-state index is -0.678. The van der Waals surface area contributed by atoms with Gasteiger partial charge in [0.05, 0.1) is 0 Å². The highest BCUT2D eigenvalue weighted by Gasteiger charge is 2.64. The van der Waals surface area contributed by atoms with Gasteiger partial charge in [0, 0.05) is 18.3 Å². The van der Waals surface area contributed by atoms with Crippen molar-refractivity contribution in [3.05, 3.63) is 0 Å². The van der Waals surface area contributed by atoms with E-state index in [1.165, 1.54) is 51.4 Å². The number of hydrogen-bond donors (Lipinski definition) is 1. The predicted octanol–water partition coefficient (Wildman–Crippen LogP) is 5.96. The van der Waals surface area contributed by atoms with Crippen LogP contribution in [0.5, 0.6) is 0 Å². The second-order valence-electron chi connectivity index (χ2n) is 11.4. The van der Waals surface area contributed by atoms with E-state index >= 15 is 0 Å². The number of Topliss-reactive ketones (excluding diaryl/α,β-unsaturated/α-hetero) is 1. The molecule has 4 fully saturated rings. The van der Waals surface area contributed by atoms with Crippen LogP contribution in [0.3, 0.4) is 0 Å². The van der Waals surface area contributed by atoms with Crippen LogP contribution >= 0.6 is 0 Å². The van der Waals surface area contributed by atoms with E-state index in [4.69, 9.17) is 5.11 Å². The maximum Gasteiger partial charge on any atom is 0.303 e. The summed E-state index contributed by atoms with van der Waals surface area (Å²) in [6.07, 6.45) is 11.1. The van der Waals surface area contributed by atoms with E-state index in [1.807, 2.05) is 0 Å². The summed E-state index contributed by atoms with van der Waals surface area (Å²) in [6.45, 7) is 9.48. The highest BCUT2D eigenvalue weighted by molar-refractivity contribution is 5.85. The van der Waals surface area contributed by atoms with Gasteiger partial charge in [-0.1, -0.05) is 40.5 Å². The number of carbonyl (C=O) groups excluding carboxylic acids is 1. The lowest BCUT2D eigenvalue weighted by atomic mass is 9.42. The molecule has 0 spiro atoms. The largest absolute Gasteiger partial charge is 0.481 e. The molecule has 3 unspecified atom stereocenters. The van der Waals surface area contributed by atoms with E-state index in [9.17, 15) is 9.59 Å². The summed E-state index contributed by atoms with van der Waals surface area (Å²) in [5.74, 6) is 3.15. The molecular formula is C25H40O3. The van der Waals surface area contributed by atoms with E-state index in [0.29, 0.717) is 40.8 Å². The molecule has 0 aliphatic heterocycles. The molecule has 3 heteroatoms. The van der Waals surface area contributed by atoms with Gasteiger partial charge in [-0.15, -0.1) is 0 Å². The Labute approximate surface area is 171 Å². The molecule has 4 aliphatic rings. The van der Waals surface area contributed by atoms with E-state index < -0.39 is 5.97 Å². The van der Waals surface area contributed by atoms with Crippen molar-refractivity contribution in [1.29, 1.82) is 0 Å². The van der Waals surface area contributed by atoms with Crippen molar-refractivity contribution in [2.24, 2.45) is 52.3 Å². The van der Waals surface area contributed by atoms with Crippen LogP contribution in [0.15, 0.2) is 0 Å². The molecule has 4 aliphatic carbocycles. The van der Waals surface area contributed by atoms with Gasteiger partial charge in [0.15, 0.2) is 0 Å². The number of carboxylic acids is 1. The zero-order valence-corrected chi connectivity index (χ0v) is 18.4. The third kappa shape index (κ3) is 2.89. The lowest BCUT2D eigenvalue weighted by Crippen LogP contribution is -2.59. The molecule has 9 atom stereocenters. The fourth-order valence-corrected chi connectivity index (χ4v) is 8.97. The second-order valence-corrected chi connectivity index (χ2v) is 11.4. The third-order valence-electron chi connectivity index (χ3n) is 10.4. The van der Waals surface area contributed by atoms with Gasteiger partial charge in [-0.25, -0.2) is 0 Å². The number of hydrogen-bond acceptors (Lipinski definition) is 2. The predicted molar refractivity (Wildman–Crippen MR) is 111 cm³/mol. The van der Waals surface area contributed by atoms with Gasteiger partial charge in [0.25, 0.3) is 0 Å². The van der Waals surface area contributed by atoms with E-state index in [0.717, 1.165) is 6.42 Å². The van der Waals surface area contributed by atoms with Crippen LogP contribution in [0.4, 0.5) is 0 Å². The lowest BCUT2D eigenvalue weighted by molar-refractivity contribution is -0.166. The summed E-state index contributed by atoms with van der Waals surface area (Å²) in [5, 5.41) is 9.11. The van der Waals surface area contributed by atoms with Crippen molar-refractivity contribution in [3.63, 3.8) is 0 Å². The van der Waals surface area contributed by atoms with Gasteiger partial charge >= 0.3 is 5.97 Å². The minimum absolute atomic E-state index is 0.229. The molecule has 0 aromatic heterocycles. The Morgan fingerprint density at radius 3 is 2.46 bits per heavy atom. The number of carboxylic acid groups (broad SMARTS) is 1. The number of ketones is 1. The zero-order valence-electron chi connectivity index (χ0n) is 18.4. The highest BCUT2D eigenvalue weighted by Crippen LogP contribution is 2.68. The summed E-state index contributed by atoms with van der Waals surface area (Å²) in [7, 11) is 0. The quantitative estimate of drug-likeness (QED) is 0.646. The summed E-state index contributed by atoms with van der Waals surface area (Å²) in [4.78, 5) is 24.7. The Kier molecular flexibility index (Phi) is 5.20. The third-order valence-corrected chi connectivity index (χ3v) is 10.4. The first kappa shape index (κ1) is 20.4. The van der Waals surface area contributed by atoms with Gasteiger partial charge < -0.3 is 5.11 Å². The van der Waals surface area contributed by atoms with Gasteiger partial charge in [-0.3, -0.25) is 9.59 Å². The van der Waals surface area contributed by atoms with Crippen LogP contribution in [0.2, 0.25) is 0 Å². The molecule has 0 aromatic carbocycles. The molecule has 4 rings (SSSR count). The number of rotatable bonds is 4. The van der Waals surface area contributed by atoms with Crippen LogP contribution in [0.25, 0.3) is 0 Å². The average molecular weight is 389 g/mol. The topological polar surface area (TPSA) is 54.4 Å². The van der Waals surface area contributed by atoms with Crippen molar-refractivity contribution in [2.45, 2.75) is 91.9 Å². The standard InChI is InChI=1S/C25H40O3/c1-15(8-11-21(26)27)17-9-10-19-22-20(12-14-25(17,19)4)24(3)13-6-5-7-18(24)16(2)23(22)28/h15-20,22H,5-14H2,1-4H3,(H,26,27)/t15-,16-,17?,18+,19?,20?,22+,24+,25-/m1/s1. The Morgan fingerprint density at radius 2 is 1.75 bits per heavy atom. The van der Waals surface area contributed by atoms with Gasteiger partial charge in [0.1, 0.15) is 5.78 Å². The SMILES string of the molecule is C[C@H](CCC(=O)O)C1CCC2[C@@H]3C(=O)[C@H](C)[C@@H]4CCCC[C@]4(C)C3CC[C@@]21C. The summed E-state index contributed by atoms with van der Waals surface area (Å²) >= 11 is 0. The molecule has 28 heavy (non-hydrogen) atoms. The minimum Gasteiger partial charge on any atom is -0.481 e. The van der Waals surface area contributed by atoms with Crippen LogP contribution < -0.4 is 0 Å². The monoisotopic (exact) mass is 388 g/mol. The fraction of sp³-hybridized carbons (Fsp3) is 0.920. The maximum atomic E-state index is 13.7. The Bertz CT molecular complexity index is 642. The Balaban J connectivity index is 1.60. The molecule has 0 aromatic rings. The van der Waals surface area contributed by atoms with Crippen molar-refractivity contribution in [1.82, 2.24) is 0 Å². The number of aliphatic carboxylic acids is 1. The zero-order chi connectivity index (χ0) is 20.3. The molecule has 0 amide bonds.